The number of rotatable bonds is 10. The summed E-state index contributed by atoms with van der Waals surface area (Å²) < 4.78 is 6.21. The van der Waals surface area contributed by atoms with Crippen LogP contribution in [0.25, 0.3) is 22.5 Å². The fourth-order valence-corrected chi connectivity index (χ4v) is 6.42. The highest BCUT2D eigenvalue weighted by molar-refractivity contribution is 5.80. The molecule has 0 atom stereocenters. The predicted molar refractivity (Wildman–Crippen MR) is 189 cm³/mol. The lowest BCUT2D eigenvalue weighted by molar-refractivity contribution is 0.302. The normalized spacial score (nSPS) is 11.4. The van der Waals surface area contributed by atoms with Gasteiger partial charge in [-0.2, -0.15) is 0 Å². The van der Waals surface area contributed by atoms with Gasteiger partial charge >= 0.3 is 0 Å². The Balaban J connectivity index is 1.25. The third-order valence-corrected chi connectivity index (χ3v) is 8.74. The highest BCUT2D eigenvalue weighted by Gasteiger charge is 2.41. The van der Waals surface area contributed by atoms with E-state index in [0.717, 1.165) is 61.6 Å². The Hall–Kier alpha value is -5.92. The average molecular weight is 629 g/mol. The molecule has 2 heterocycles. The van der Waals surface area contributed by atoms with E-state index < -0.39 is 5.54 Å². The lowest BCUT2D eigenvalue weighted by atomic mass is 9.77. The molecule has 7 heteroatoms. The van der Waals surface area contributed by atoms with E-state index in [1.54, 1.807) is 4.80 Å². The smallest absolute Gasteiger partial charge is 0.205 e. The number of ether oxygens (including phenoxy) is 1. The minimum absolute atomic E-state index is 0.381. The zero-order chi connectivity index (χ0) is 32.9. The van der Waals surface area contributed by atoms with Crippen LogP contribution in [0.4, 0.5) is 0 Å². The minimum atomic E-state index is -0.846. The average Bonchev–Trinajstić information content (AvgIpc) is 3.63. The first kappa shape index (κ1) is 30.7. The van der Waals surface area contributed by atoms with Gasteiger partial charge in [-0.15, -0.1) is 15.0 Å². The van der Waals surface area contributed by atoms with Gasteiger partial charge in [0.1, 0.15) is 12.4 Å². The molecule has 0 bridgehead atoms. The first-order chi connectivity index (χ1) is 23.6. The van der Waals surface area contributed by atoms with Crippen LogP contribution in [0, 0.1) is 13.8 Å². The van der Waals surface area contributed by atoms with Crippen LogP contribution in [0.2, 0.25) is 0 Å². The molecule has 0 unspecified atom stereocenters. The van der Waals surface area contributed by atoms with E-state index in [1.165, 1.54) is 0 Å². The molecular weight excluding hydrogens is 592 g/mol. The Kier molecular flexibility index (Phi) is 8.60. The Morgan fingerprint density at radius 3 is 1.77 bits per heavy atom. The van der Waals surface area contributed by atoms with Gasteiger partial charge < -0.3 is 10.5 Å². The van der Waals surface area contributed by atoms with Crippen LogP contribution in [-0.4, -0.2) is 25.2 Å². The molecule has 7 aromatic rings. The van der Waals surface area contributed by atoms with Crippen molar-refractivity contribution in [2.45, 2.75) is 32.5 Å². The molecule has 0 aliphatic carbocycles. The van der Waals surface area contributed by atoms with Crippen LogP contribution < -0.4 is 10.5 Å². The Morgan fingerprint density at radius 1 is 0.667 bits per heavy atom. The van der Waals surface area contributed by atoms with Gasteiger partial charge in [0.15, 0.2) is 5.54 Å². The van der Waals surface area contributed by atoms with E-state index in [1.807, 2.05) is 92.7 Å². The van der Waals surface area contributed by atoms with Gasteiger partial charge in [-0.05, 0) is 52.4 Å². The molecule has 2 N–H and O–H groups in total. The molecule has 0 aliphatic heterocycles. The maximum atomic E-state index is 6.21. The molecule has 5 aromatic carbocycles. The molecule has 7 nitrogen and oxygen atoms in total. The molecule has 0 fully saturated rings. The summed E-state index contributed by atoms with van der Waals surface area (Å²) in [5.74, 6) is 1.33. The van der Waals surface area contributed by atoms with Crippen molar-refractivity contribution in [3.63, 3.8) is 0 Å². The fraction of sp³-hybridized carbons (Fsp3) is 0.122. The highest BCUT2D eigenvalue weighted by Crippen LogP contribution is 2.40. The van der Waals surface area contributed by atoms with Crippen LogP contribution in [0.3, 0.4) is 0 Å². The van der Waals surface area contributed by atoms with E-state index in [0.29, 0.717) is 19.0 Å². The molecule has 0 radical (unpaired) electrons. The topological polar surface area (TPSA) is 91.7 Å². The lowest BCUT2D eigenvalue weighted by Gasteiger charge is -2.34. The molecule has 2 aromatic heterocycles. The molecular formula is C41H36N6O. The van der Waals surface area contributed by atoms with Gasteiger partial charge in [0, 0.05) is 35.1 Å². The van der Waals surface area contributed by atoms with Gasteiger partial charge in [0.05, 0.1) is 0 Å². The number of hydrogen-bond acceptors (Lipinski definition) is 6. The van der Waals surface area contributed by atoms with Crippen LogP contribution in [0.1, 0.15) is 39.2 Å². The quantitative estimate of drug-likeness (QED) is 0.155. The number of nitrogens with two attached hydrogens (primary N) is 1. The van der Waals surface area contributed by atoms with E-state index in [2.05, 4.69) is 71.7 Å². The summed E-state index contributed by atoms with van der Waals surface area (Å²) in [7, 11) is 0. The number of nitrogens with zero attached hydrogens (tertiary/aromatic N) is 5. The monoisotopic (exact) mass is 628 g/mol. The van der Waals surface area contributed by atoms with Crippen LogP contribution in [0.15, 0.2) is 146 Å². The number of hydrogen-bond donors (Lipinski definition) is 1. The number of aromatic nitrogens is 5. The second-order valence-electron chi connectivity index (χ2n) is 11.8. The van der Waals surface area contributed by atoms with Gasteiger partial charge in [-0.3, -0.25) is 4.98 Å². The molecule has 0 aliphatic rings. The van der Waals surface area contributed by atoms with Gasteiger partial charge in [-0.1, -0.05) is 140 Å². The Morgan fingerprint density at radius 2 is 1.21 bits per heavy atom. The summed E-state index contributed by atoms with van der Waals surface area (Å²) in [6, 6.07) is 49.6. The number of pyridine rings is 1. The Bertz CT molecular complexity index is 2030. The summed E-state index contributed by atoms with van der Waals surface area (Å²) in [4.78, 5) is 6.28. The first-order valence-electron chi connectivity index (χ1n) is 16.0. The third kappa shape index (κ3) is 5.76. The molecule has 0 spiro atoms. The van der Waals surface area contributed by atoms with Crippen molar-refractivity contribution in [3.05, 3.63) is 185 Å². The molecule has 48 heavy (non-hydrogen) atoms. The predicted octanol–water partition coefficient (Wildman–Crippen LogP) is 7.90. The second-order valence-corrected chi connectivity index (χ2v) is 11.8. The summed E-state index contributed by atoms with van der Waals surface area (Å²) in [6.07, 6.45) is 0. The summed E-state index contributed by atoms with van der Waals surface area (Å²) in [5, 5.41) is 14.6. The SMILES string of the molecule is Cc1cc(OCc2ccc(-c3ccccc3-c3nnn(C(c4ccccc4)(c4ccccc4)c4ccccc4)n3)cc2)c(CN)c(C)n1. The fourth-order valence-electron chi connectivity index (χ4n) is 6.42. The van der Waals surface area contributed by atoms with Crippen molar-refractivity contribution in [1.29, 1.82) is 0 Å². The van der Waals surface area contributed by atoms with E-state index >= 15 is 0 Å². The van der Waals surface area contributed by atoms with E-state index in [-0.39, 0.29) is 0 Å². The number of aryl methyl sites for hydroxylation is 2. The molecule has 236 valence electrons. The maximum absolute atomic E-state index is 6.21. The van der Waals surface area contributed by atoms with Crippen molar-refractivity contribution in [3.8, 4) is 28.3 Å². The third-order valence-electron chi connectivity index (χ3n) is 8.74. The molecule has 0 saturated heterocycles. The van der Waals surface area contributed by atoms with Crippen molar-refractivity contribution in [1.82, 2.24) is 25.2 Å². The van der Waals surface area contributed by atoms with Crippen molar-refractivity contribution in [2.75, 3.05) is 0 Å². The Labute approximate surface area is 280 Å². The van der Waals surface area contributed by atoms with Crippen LogP contribution in [-0.2, 0) is 18.7 Å². The number of tetrazole rings is 1. The molecule has 0 amide bonds. The van der Waals surface area contributed by atoms with Crippen molar-refractivity contribution < 1.29 is 4.74 Å². The summed E-state index contributed by atoms with van der Waals surface area (Å²) in [5.41, 5.74) is 15.0. The minimum Gasteiger partial charge on any atom is -0.488 e. The van der Waals surface area contributed by atoms with Gasteiger partial charge in [0.2, 0.25) is 5.82 Å². The standard InChI is InChI=1S/C41H36N6O/c1-29-26-39(38(27-42)30(2)43-29)48-28-31-22-24-32(25-23-31)36-20-12-13-21-37(36)40-44-46-47(45-40)41(33-14-6-3-7-15-33,34-16-8-4-9-17-34)35-18-10-5-11-19-35/h3-26H,27-28,42H2,1-2H3. The van der Waals surface area contributed by atoms with Gasteiger partial charge in [0.25, 0.3) is 0 Å². The van der Waals surface area contributed by atoms with Crippen LogP contribution >= 0.6 is 0 Å². The second kappa shape index (κ2) is 13.4. The van der Waals surface area contributed by atoms with Gasteiger partial charge in [-0.25, -0.2) is 0 Å². The van der Waals surface area contributed by atoms with E-state index in [4.69, 9.17) is 25.9 Å². The number of benzene rings is 5. The van der Waals surface area contributed by atoms with Crippen LogP contribution in [0.5, 0.6) is 5.75 Å². The maximum Gasteiger partial charge on any atom is 0.205 e. The summed E-state index contributed by atoms with van der Waals surface area (Å²) >= 11 is 0. The van der Waals surface area contributed by atoms with Crippen molar-refractivity contribution >= 4 is 0 Å². The lowest BCUT2D eigenvalue weighted by Crippen LogP contribution is -2.39. The summed E-state index contributed by atoms with van der Waals surface area (Å²) in [6.45, 7) is 4.73. The first-order valence-corrected chi connectivity index (χ1v) is 16.0. The molecule has 0 saturated carbocycles. The van der Waals surface area contributed by atoms with E-state index in [9.17, 15) is 0 Å². The highest BCUT2D eigenvalue weighted by atomic mass is 16.5. The molecule has 7 rings (SSSR count). The largest absolute Gasteiger partial charge is 0.488 e. The zero-order valence-corrected chi connectivity index (χ0v) is 27.0. The zero-order valence-electron chi connectivity index (χ0n) is 27.0. The van der Waals surface area contributed by atoms with Crippen molar-refractivity contribution in [2.24, 2.45) is 5.73 Å².